The zero-order valence-electron chi connectivity index (χ0n) is 18.6. The van der Waals surface area contributed by atoms with E-state index < -0.39 is 0 Å². The average molecular weight is 431 g/mol. The number of amides is 1. The molecule has 5 rings (SSSR count). The lowest BCUT2D eigenvalue weighted by Gasteiger charge is -2.33. The minimum absolute atomic E-state index is 0.00315. The number of hydrogen-bond donors (Lipinski definition) is 1. The highest BCUT2D eigenvalue weighted by Gasteiger charge is 2.29. The maximum Gasteiger partial charge on any atom is 0.241 e. The van der Waals surface area contributed by atoms with Crippen molar-refractivity contribution >= 4 is 5.91 Å². The summed E-state index contributed by atoms with van der Waals surface area (Å²) in [6.07, 6.45) is 5.17. The average Bonchev–Trinajstić information content (AvgIpc) is 3.28. The second kappa shape index (κ2) is 9.25. The maximum atomic E-state index is 13.1. The van der Waals surface area contributed by atoms with Crippen LogP contribution in [0.1, 0.15) is 54.3 Å². The lowest BCUT2D eigenvalue weighted by atomic mass is 9.87. The molecule has 2 unspecified atom stereocenters. The zero-order valence-corrected chi connectivity index (χ0v) is 18.6. The van der Waals surface area contributed by atoms with Crippen molar-refractivity contribution in [2.45, 2.75) is 51.6 Å². The van der Waals surface area contributed by atoms with Crippen molar-refractivity contribution in [2.75, 3.05) is 13.1 Å². The molecule has 1 amide bonds. The van der Waals surface area contributed by atoms with E-state index in [0.717, 1.165) is 56.3 Å². The van der Waals surface area contributed by atoms with Crippen LogP contribution in [-0.2, 0) is 17.8 Å². The smallest absolute Gasteiger partial charge is 0.241 e. The van der Waals surface area contributed by atoms with Crippen LogP contribution in [0.4, 0.5) is 0 Å². The Morgan fingerprint density at radius 3 is 2.88 bits per heavy atom. The zero-order chi connectivity index (χ0) is 21.9. The molecule has 32 heavy (non-hydrogen) atoms. The summed E-state index contributed by atoms with van der Waals surface area (Å²) in [6, 6.07) is 16.7. The molecule has 1 aliphatic carbocycles. The molecular weight excluding hydrogens is 400 g/mol. The monoisotopic (exact) mass is 430 g/mol. The van der Waals surface area contributed by atoms with E-state index in [4.69, 9.17) is 4.52 Å². The lowest BCUT2D eigenvalue weighted by molar-refractivity contribution is -0.127. The molecule has 1 aromatic heterocycles. The molecule has 3 aromatic rings. The predicted molar refractivity (Wildman–Crippen MR) is 123 cm³/mol. The van der Waals surface area contributed by atoms with E-state index in [1.165, 1.54) is 11.1 Å². The van der Waals surface area contributed by atoms with Gasteiger partial charge in [0.2, 0.25) is 17.6 Å². The Bertz CT molecular complexity index is 1090. The van der Waals surface area contributed by atoms with Crippen molar-refractivity contribution in [3.8, 4) is 11.4 Å². The number of carbonyl (C=O) groups is 1. The molecular formula is C26H30N4O2. The fraction of sp³-hybridized carbons (Fsp3) is 0.423. The Kier molecular flexibility index (Phi) is 6.04. The Morgan fingerprint density at radius 1 is 1.12 bits per heavy atom. The number of nitrogens with zero attached hydrogens (tertiary/aromatic N) is 3. The van der Waals surface area contributed by atoms with E-state index in [2.05, 4.69) is 44.6 Å². The van der Waals surface area contributed by atoms with Crippen molar-refractivity contribution in [3.05, 3.63) is 71.1 Å². The van der Waals surface area contributed by atoms with Crippen LogP contribution < -0.4 is 5.32 Å². The van der Waals surface area contributed by atoms with Crippen molar-refractivity contribution in [2.24, 2.45) is 5.92 Å². The minimum atomic E-state index is -0.00315. The quantitative estimate of drug-likeness (QED) is 0.647. The third kappa shape index (κ3) is 4.46. The van der Waals surface area contributed by atoms with Gasteiger partial charge in [0, 0.05) is 12.1 Å². The first-order chi connectivity index (χ1) is 15.7. The highest BCUT2D eigenvalue weighted by molar-refractivity contribution is 5.79. The SMILES string of the molecule is Cc1ccccc1-c1noc(CN2CCCC(C(=O)NC3CCCc4ccccc43)C2)n1. The normalized spacial score (nSPS) is 21.2. The van der Waals surface area contributed by atoms with Crippen molar-refractivity contribution < 1.29 is 9.32 Å². The first-order valence-electron chi connectivity index (χ1n) is 11.7. The van der Waals surface area contributed by atoms with Gasteiger partial charge >= 0.3 is 0 Å². The second-order valence-electron chi connectivity index (χ2n) is 9.05. The summed E-state index contributed by atoms with van der Waals surface area (Å²) in [5.74, 6) is 1.39. The first kappa shape index (κ1) is 20.9. The van der Waals surface area contributed by atoms with E-state index in [1.54, 1.807) is 0 Å². The van der Waals surface area contributed by atoms with Gasteiger partial charge in [-0.2, -0.15) is 4.98 Å². The molecule has 0 spiro atoms. The summed E-state index contributed by atoms with van der Waals surface area (Å²) in [5, 5.41) is 7.52. The summed E-state index contributed by atoms with van der Waals surface area (Å²) in [5.41, 5.74) is 4.77. The number of nitrogens with one attached hydrogen (secondary N) is 1. The molecule has 6 heteroatoms. The Balaban J connectivity index is 1.21. The van der Waals surface area contributed by atoms with Crippen molar-refractivity contribution in [1.82, 2.24) is 20.4 Å². The number of fused-ring (bicyclic) bond motifs is 1. The highest BCUT2D eigenvalue weighted by atomic mass is 16.5. The number of piperidine rings is 1. The van der Waals surface area contributed by atoms with Gasteiger partial charge in [0.25, 0.3) is 0 Å². The molecule has 1 saturated heterocycles. The van der Waals surface area contributed by atoms with E-state index in [0.29, 0.717) is 18.3 Å². The number of aromatic nitrogens is 2. The molecule has 0 bridgehead atoms. The van der Waals surface area contributed by atoms with Gasteiger partial charge in [-0.1, -0.05) is 53.7 Å². The predicted octanol–water partition coefficient (Wildman–Crippen LogP) is 4.45. The standard InChI is InChI=1S/C26H30N4O2/c1-18-8-2-4-12-21(18)25-28-24(32-29-25)17-30-15-7-11-20(16-30)26(31)27-23-14-6-10-19-9-3-5-13-22(19)23/h2-5,8-9,12-13,20,23H,6-7,10-11,14-17H2,1H3,(H,27,31). The summed E-state index contributed by atoms with van der Waals surface area (Å²) in [4.78, 5) is 20.0. The number of carbonyl (C=O) groups excluding carboxylic acids is 1. The molecule has 1 N–H and O–H groups in total. The van der Waals surface area contributed by atoms with Gasteiger partial charge in [0.1, 0.15) is 0 Å². The van der Waals surface area contributed by atoms with Gasteiger partial charge in [-0.15, -0.1) is 0 Å². The Morgan fingerprint density at radius 2 is 1.97 bits per heavy atom. The third-order valence-corrected chi connectivity index (χ3v) is 6.78. The van der Waals surface area contributed by atoms with Crippen LogP contribution in [0.2, 0.25) is 0 Å². The number of benzene rings is 2. The van der Waals surface area contributed by atoms with E-state index in [1.807, 2.05) is 31.2 Å². The maximum absolute atomic E-state index is 13.1. The van der Waals surface area contributed by atoms with Gasteiger partial charge in [-0.3, -0.25) is 9.69 Å². The van der Waals surface area contributed by atoms with Gasteiger partial charge in [0.15, 0.2) is 0 Å². The van der Waals surface area contributed by atoms with E-state index in [9.17, 15) is 4.79 Å². The van der Waals surface area contributed by atoms with Crippen LogP contribution in [0, 0.1) is 12.8 Å². The number of hydrogen-bond acceptors (Lipinski definition) is 5. The molecule has 1 fully saturated rings. The number of aryl methyl sites for hydroxylation is 2. The molecule has 2 atom stereocenters. The van der Waals surface area contributed by atoms with Gasteiger partial charge in [-0.05, 0) is 62.3 Å². The van der Waals surface area contributed by atoms with E-state index >= 15 is 0 Å². The second-order valence-corrected chi connectivity index (χ2v) is 9.05. The van der Waals surface area contributed by atoms with Crippen LogP contribution in [0.5, 0.6) is 0 Å². The van der Waals surface area contributed by atoms with Crippen LogP contribution in [-0.4, -0.2) is 34.0 Å². The van der Waals surface area contributed by atoms with Crippen molar-refractivity contribution in [1.29, 1.82) is 0 Å². The molecule has 0 saturated carbocycles. The van der Waals surface area contributed by atoms with Crippen molar-refractivity contribution in [3.63, 3.8) is 0 Å². The first-order valence-corrected chi connectivity index (χ1v) is 11.7. The fourth-order valence-electron chi connectivity index (χ4n) is 5.05. The Labute approximate surface area is 189 Å². The highest BCUT2D eigenvalue weighted by Crippen LogP contribution is 2.30. The lowest BCUT2D eigenvalue weighted by Crippen LogP contribution is -2.44. The molecule has 6 nitrogen and oxygen atoms in total. The van der Waals surface area contributed by atoms with Crippen LogP contribution >= 0.6 is 0 Å². The largest absolute Gasteiger partial charge is 0.349 e. The summed E-state index contributed by atoms with van der Waals surface area (Å²) in [7, 11) is 0. The van der Waals surface area contributed by atoms with Gasteiger partial charge in [0.05, 0.1) is 18.5 Å². The van der Waals surface area contributed by atoms with E-state index in [-0.39, 0.29) is 17.9 Å². The molecule has 2 aliphatic rings. The van der Waals surface area contributed by atoms with Crippen LogP contribution in [0.3, 0.4) is 0 Å². The number of rotatable bonds is 5. The molecule has 1 aliphatic heterocycles. The molecule has 166 valence electrons. The Hall–Kier alpha value is -2.99. The summed E-state index contributed by atoms with van der Waals surface area (Å²) < 4.78 is 5.53. The van der Waals surface area contributed by atoms with Crippen LogP contribution in [0.25, 0.3) is 11.4 Å². The summed E-state index contributed by atoms with van der Waals surface area (Å²) >= 11 is 0. The molecule has 2 heterocycles. The molecule has 2 aromatic carbocycles. The van der Waals surface area contributed by atoms with Crippen LogP contribution in [0.15, 0.2) is 53.1 Å². The fourth-order valence-corrected chi connectivity index (χ4v) is 5.05. The number of likely N-dealkylation sites (tertiary alicyclic amines) is 1. The van der Waals surface area contributed by atoms with Gasteiger partial charge in [-0.25, -0.2) is 0 Å². The third-order valence-electron chi connectivity index (χ3n) is 6.78. The topological polar surface area (TPSA) is 71.3 Å². The minimum Gasteiger partial charge on any atom is -0.349 e. The summed E-state index contributed by atoms with van der Waals surface area (Å²) in [6.45, 7) is 4.29. The van der Waals surface area contributed by atoms with Gasteiger partial charge < -0.3 is 9.84 Å². The molecule has 0 radical (unpaired) electrons.